The molecule has 0 unspecified atom stereocenters. The van der Waals surface area contributed by atoms with Gasteiger partial charge in [0.25, 0.3) is 0 Å². The van der Waals surface area contributed by atoms with Crippen molar-refractivity contribution in [1.29, 1.82) is 0 Å². The summed E-state index contributed by atoms with van der Waals surface area (Å²) in [5.74, 6) is 0.473. The van der Waals surface area contributed by atoms with Crippen LogP contribution in [-0.2, 0) is 6.61 Å². The van der Waals surface area contributed by atoms with Crippen molar-refractivity contribution in [3.63, 3.8) is 0 Å². The summed E-state index contributed by atoms with van der Waals surface area (Å²) in [5.41, 5.74) is 3.75. The summed E-state index contributed by atoms with van der Waals surface area (Å²) in [6.45, 7) is 2.15. The van der Waals surface area contributed by atoms with Crippen molar-refractivity contribution in [3.05, 3.63) is 70.4 Å². The molecular formula is C19H13NO3. The van der Waals surface area contributed by atoms with Crippen molar-refractivity contribution in [2.45, 2.75) is 13.5 Å². The molecule has 0 radical (unpaired) electrons. The van der Waals surface area contributed by atoms with Crippen LogP contribution in [0.3, 0.4) is 0 Å². The molecule has 2 aromatic carbocycles. The Bertz CT molecular complexity index is 976. The largest absolute Gasteiger partial charge is 0.486 e. The van der Waals surface area contributed by atoms with Gasteiger partial charge in [0, 0.05) is 16.5 Å². The van der Waals surface area contributed by atoms with Gasteiger partial charge in [-0.2, -0.15) is 0 Å². The highest BCUT2D eigenvalue weighted by molar-refractivity contribution is 6.13. The first kappa shape index (κ1) is 13.6. The van der Waals surface area contributed by atoms with Crippen molar-refractivity contribution in [1.82, 2.24) is 4.98 Å². The summed E-state index contributed by atoms with van der Waals surface area (Å²) in [6.07, 6.45) is 0.777. The van der Waals surface area contributed by atoms with Crippen LogP contribution in [-0.4, -0.2) is 17.1 Å². The van der Waals surface area contributed by atoms with Gasteiger partial charge in [-0.3, -0.25) is 9.59 Å². The van der Waals surface area contributed by atoms with Gasteiger partial charge in [0.05, 0.1) is 16.8 Å². The van der Waals surface area contributed by atoms with Crippen LogP contribution in [0.1, 0.15) is 37.5 Å². The minimum absolute atomic E-state index is 0.0953. The lowest BCUT2D eigenvalue weighted by Gasteiger charge is -2.07. The third kappa shape index (κ3) is 2.11. The fourth-order valence-electron chi connectivity index (χ4n) is 2.90. The van der Waals surface area contributed by atoms with Crippen molar-refractivity contribution in [3.8, 4) is 5.75 Å². The molecule has 4 heteroatoms. The molecule has 112 valence electrons. The highest BCUT2D eigenvalue weighted by Crippen LogP contribution is 2.30. The number of benzene rings is 2. The molecule has 0 saturated carbocycles. The predicted molar refractivity (Wildman–Crippen MR) is 86.1 cm³/mol. The maximum atomic E-state index is 12.9. The van der Waals surface area contributed by atoms with E-state index < -0.39 is 0 Å². The van der Waals surface area contributed by atoms with Gasteiger partial charge in [-0.15, -0.1) is 0 Å². The van der Waals surface area contributed by atoms with Crippen LogP contribution in [0.4, 0.5) is 0 Å². The molecule has 0 amide bonds. The predicted octanol–water partition coefficient (Wildman–Crippen LogP) is 3.48. The lowest BCUT2D eigenvalue weighted by Crippen LogP contribution is -2.06. The van der Waals surface area contributed by atoms with Crippen LogP contribution in [0.5, 0.6) is 5.75 Å². The normalized spacial score (nSPS) is 13.0. The van der Waals surface area contributed by atoms with Crippen LogP contribution < -0.4 is 4.74 Å². The second kappa shape index (κ2) is 5.02. The van der Waals surface area contributed by atoms with Crippen LogP contribution in [0.2, 0.25) is 0 Å². The van der Waals surface area contributed by atoms with E-state index in [0.29, 0.717) is 33.7 Å². The Kier molecular flexibility index (Phi) is 2.98. The number of carbonyl (C=O) groups excluding carboxylic acids is 2. The first-order valence-electron chi connectivity index (χ1n) is 7.33. The number of ether oxygens (including phenoxy) is 1. The van der Waals surface area contributed by atoms with Crippen molar-refractivity contribution in [2.75, 3.05) is 0 Å². The van der Waals surface area contributed by atoms with Gasteiger partial charge in [0.15, 0.2) is 12.1 Å². The Morgan fingerprint density at radius 2 is 2.00 bits per heavy atom. The summed E-state index contributed by atoms with van der Waals surface area (Å²) < 4.78 is 5.75. The topological polar surface area (TPSA) is 56.3 Å². The maximum Gasteiger partial charge on any atom is 0.198 e. The zero-order valence-corrected chi connectivity index (χ0v) is 12.5. The zero-order valence-electron chi connectivity index (χ0n) is 12.5. The number of nitrogens with zero attached hydrogens (tertiary/aromatic N) is 1. The van der Waals surface area contributed by atoms with Gasteiger partial charge >= 0.3 is 0 Å². The second-order valence-electron chi connectivity index (χ2n) is 5.64. The van der Waals surface area contributed by atoms with E-state index in [1.807, 2.05) is 31.2 Å². The molecule has 0 aliphatic carbocycles. The summed E-state index contributed by atoms with van der Waals surface area (Å²) in [7, 11) is 0. The minimum Gasteiger partial charge on any atom is -0.486 e. The molecule has 0 N–H and O–H groups in total. The van der Waals surface area contributed by atoms with Crippen molar-refractivity contribution < 1.29 is 14.3 Å². The monoisotopic (exact) mass is 303 g/mol. The summed E-state index contributed by atoms with van der Waals surface area (Å²) in [4.78, 5) is 28.6. The number of fused-ring (bicyclic) bond motifs is 3. The molecular weight excluding hydrogens is 290 g/mol. The lowest BCUT2D eigenvalue weighted by atomic mass is 9.98. The first-order valence-corrected chi connectivity index (χ1v) is 7.33. The molecule has 0 fully saturated rings. The number of rotatable bonds is 1. The zero-order chi connectivity index (χ0) is 16.0. The summed E-state index contributed by atoms with van der Waals surface area (Å²) >= 11 is 0. The molecule has 3 aromatic rings. The number of aromatic nitrogens is 1. The van der Waals surface area contributed by atoms with E-state index >= 15 is 0 Å². The lowest BCUT2D eigenvalue weighted by molar-refractivity contribution is 0.103. The highest BCUT2D eigenvalue weighted by Gasteiger charge is 2.24. The van der Waals surface area contributed by atoms with Crippen LogP contribution >= 0.6 is 0 Å². The molecule has 1 aliphatic rings. The number of hydrogen-bond donors (Lipinski definition) is 0. The third-order valence-electron chi connectivity index (χ3n) is 4.07. The molecule has 0 spiro atoms. The quantitative estimate of drug-likeness (QED) is 0.646. The van der Waals surface area contributed by atoms with E-state index in [1.54, 1.807) is 18.2 Å². The van der Waals surface area contributed by atoms with E-state index in [2.05, 4.69) is 4.98 Å². The fourth-order valence-corrected chi connectivity index (χ4v) is 2.90. The van der Waals surface area contributed by atoms with Gasteiger partial charge in [-0.25, -0.2) is 4.98 Å². The van der Waals surface area contributed by atoms with E-state index in [1.165, 1.54) is 0 Å². The van der Waals surface area contributed by atoms with Crippen molar-refractivity contribution >= 4 is 23.0 Å². The van der Waals surface area contributed by atoms with E-state index in [9.17, 15) is 9.59 Å². The second-order valence-corrected chi connectivity index (χ2v) is 5.64. The summed E-state index contributed by atoms with van der Waals surface area (Å²) in [5, 5.41) is 0.776. The van der Waals surface area contributed by atoms with Gasteiger partial charge in [0.2, 0.25) is 0 Å². The van der Waals surface area contributed by atoms with Gasteiger partial charge < -0.3 is 4.74 Å². The number of aryl methyl sites for hydroxylation is 1. The fraction of sp³-hybridized carbons (Fsp3) is 0.105. The number of hydrogen-bond acceptors (Lipinski definition) is 4. The number of para-hydroxylation sites is 1. The minimum atomic E-state index is -0.0953. The third-order valence-corrected chi connectivity index (χ3v) is 4.07. The Hall–Kier alpha value is -3.01. The Labute approximate surface area is 132 Å². The summed E-state index contributed by atoms with van der Waals surface area (Å²) in [6, 6.07) is 12.7. The van der Waals surface area contributed by atoms with Crippen LogP contribution in [0, 0.1) is 6.92 Å². The van der Waals surface area contributed by atoms with Crippen LogP contribution in [0.15, 0.2) is 42.5 Å². The highest BCUT2D eigenvalue weighted by atomic mass is 16.5. The molecule has 4 nitrogen and oxygen atoms in total. The van der Waals surface area contributed by atoms with Crippen LogP contribution in [0.25, 0.3) is 10.9 Å². The van der Waals surface area contributed by atoms with Gasteiger partial charge in [-0.05, 0) is 31.2 Å². The Balaban J connectivity index is 1.98. The van der Waals surface area contributed by atoms with E-state index in [0.717, 1.165) is 17.2 Å². The molecule has 0 saturated heterocycles. The molecule has 4 rings (SSSR count). The van der Waals surface area contributed by atoms with E-state index in [4.69, 9.17) is 4.74 Å². The number of aldehydes is 1. The number of carbonyl (C=O) groups is 2. The average Bonchev–Trinajstić information content (AvgIpc) is 2.70. The standard InChI is InChI=1S/C19H13NO3/c1-11-5-6-17-15(7-11)19(22)14-8-12-3-2-4-13(9-21)18(12)20-16(14)10-23-17/h2-9H,10H2,1H3. The first-order chi connectivity index (χ1) is 11.2. The Morgan fingerprint density at radius 1 is 1.13 bits per heavy atom. The number of pyridine rings is 1. The molecule has 1 aromatic heterocycles. The molecule has 23 heavy (non-hydrogen) atoms. The molecule has 0 bridgehead atoms. The van der Waals surface area contributed by atoms with Gasteiger partial charge in [0.1, 0.15) is 12.4 Å². The molecule has 1 aliphatic heterocycles. The Morgan fingerprint density at radius 3 is 2.83 bits per heavy atom. The molecule has 2 heterocycles. The number of ketones is 1. The van der Waals surface area contributed by atoms with Gasteiger partial charge in [-0.1, -0.05) is 23.8 Å². The maximum absolute atomic E-state index is 12.9. The average molecular weight is 303 g/mol. The SMILES string of the molecule is Cc1ccc2c(c1)C(=O)c1cc3cccc(C=O)c3nc1CO2. The van der Waals surface area contributed by atoms with E-state index in [-0.39, 0.29) is 12.4 Å². The molecule has 0 atom stereocenters. The smallest absolute Gasteiger partial charge is 0.198 e. The van der Waals surface area contributed by atoms with Crippen molar-refractivity contribution in [2.24, 2.45) is 0 Å².